The van der Waals surface area contributed by atoms with E-state index in [9.17, 15) is 0 Å². The summed E-state index contributed by atoms with van der Waals surface area (Å²) in [5.41, 5.74) is 0. The molecule has 1 N–H and O–H groups in total. The predicted octanol–water partition coefficient (Wildman–Crippen LogP) is 3.27. The zero-order chi connectivity index (χ0) is 12.1. The summed E-state index contributed by atoms with van der Waals surface area (Å²) in [6.45, 7) is 8.30. The van der Waals surface area contributed by atoms with Crippen molar-refractivity contribution in [3.63, 3.8) is 0 Å². The molecule has 17 heavy (non-hydrogen) atoms. The number of nitrogens with zero attached hydrogens (tertiary/aromatic N) is 1. The monoisotopic (exact) mass is 252 g/mol. The van der Waals surface area contributed by atoms with E-state index >= 15 is 0 Å². The molecule has 1 fully saturated rings. The highest BCUT2D eigenvalue weighted by Gasteiger charge is 2.19. The van der Waals surface area contributed by atoms with Crippen molar-refractivity contribution in [3.05, 3.63) is 22.4 Å². The lowest BCUT2D eigenvalue weighted by Gasteiger charge is -2.26. The molecule has 1 aromatic heterocycles. The molecule has 1 aliphatic heterocycles. The molecule has 2 unspecified atom stereocenters. The van der Waals surface area contributed by atoms with E-state index in [-0.39, 0.29) is 0 Å². The van der Waals surface area contributed by atoms with Crippen LogP contribution in [0, 0.1) is 0 Å². The quantitative estimate of drug-likeness (QED) is 0.836. The number of thiophene rings is 1. The van der Waals surface area contributed by atoms with Gasteiger partial charge in [0.05, 0.1) is 0 Å². The van der Waals surface area contributed by atoms with Crippen LogP contribution < -0.4 is 5.32 Å². The van der Waals surface area contributed by atoms with E-state index < -0.39 is 0 Å². The number of likely N-dealkylation sites (tertiary alicyclic amines) is 1. The highest BCUT2D eigenvalue weighted by atomic mass is 32.1. The van der Waals surface area contributed by atoms with Crippen molar-refractivity contribution in [2.24, 2.45) is 0 Å². The second-order valence-electron chi connectivity index (χ2n) is 4.98. The van der Waals surface area contributed by atoms with Gasteiger partial charge in [0.25, 0.3) is 0 Å². The van der Waals surface area contributed by atoms with Gasteiger partial charge >= 0.3 is 0 Å². The van der Waals surface area contributed by atoms with Crippen molar-refractivity contribution in [1.82, 2.24) is 10.2 Å². The molecule has 0 aliphatic carbocycles. The molecule has 2 rings (SSSR count). The maximum atomic E-state index is 3.72. The Morgan fingerprint density at radius 3 is 2.76 bits per heavy atom. The van der Waals surface area contributed by atoms with Gasteiger partial charge in [-0.15, -0.1) is 11.3 Å². The summed E-state index contributed by atoms with van der Waals surface area (Å²) < 4.78 is 0. The van der Waals surface area contributed by atoms with Crippen molar-refractivity contribution < 1.29 is 0 Å². The summed E-state index contributed by atoms with van der Waals surface area (Å²) >= 11 is 1.86. The van der Waals surface area contributed by atoms with Crippen LogP contribution in [-0.4, -0.2) is 30.6 Å². The zero-order valence-electron chi connectivity index (χ0n) is 11.0. The Kier molecular flexibility index (Phi) is 5.01. The summed E-state index contributed by atoms with van der Waals surface area (Å²) in [6, 6.07) is 5.60. The maximum absolute atomic E-state index is 3.72. The van der Waals surface area contributed by atoms with Crippen LogP contribution >= 0.6 is 11.3 Å². The Hall–Kier alpha value is -0.380. The smallest absolute Gasteiger partial charge is 0.0412 e. The zero-order valence-corrected chi connectivity index (χ0v) is 11.8. The Bertz CT molecular complexity index is 304. The van der Waals surface area contributed by atoms with Crippen LogP contribution in [0.5, 0.6) is 0 Å². The van der Waals surface area contributed by atoms with E-state index in [0.29, 0.717) is 12.1 Å². The SMILES string of the molecule is CCC(NCC(C)N1CCCC1)c1cccs1. The summed E-state index contributed by atoms with van der Waals surface area (Å²) in [5, 5.41) is 5.89. The Morgan fingerprint density at radius 1 is 1.41 bits per heavy atom. The van der Waals surface area contributed by atoms with Crippen molar-refractivity contribution in [2.75, 3.05) is 19.6 Å². The summed E-state index contributed by atoms with van der Waals surface area (Å²) in [4.78, 5) is 4.08. The Morgan fingerprint density at radius 2 is 2.18 bits per heavy atom. The molecule has 2 atom stereocenters. The molecule has 0 amide bonds. The van der Waals surface area contributed by atoms with Crippen LogP contribution in [0.2, 0.25) is 0 Å². The van der Waals surface area contributed by atoms with E-state index in [1.54, 1.807) is 0 Å². The lowest BCUT2D eigenvalue weighted by molar-refractivity contribution is 0.245. The third kappa shape index (κ3) is 3.54. The average molecular weight is 252 g/mol. The van der Waals surface area contributed by atoms with Crippen LogP contribution in [0.15, 0.2) is 17.5 Å². The molecule has 2 heterocycles. The van der Waals surface area contributed by atoms with Gasteiger partial charge in [-0.25, -0.2) is 0 Å². The lowest BCUT2D eigenvalue weighted by Crippen LogP contribution is -2.39. The van der Waals surface area contributed by atoms with Gasteiger partial charge in [-0.05, 0) is 50.7 Å². The normalized spacial score (nSPS) is 20.6. The number of hydrogen-bond donors (Lipinski definition) is 1. The van der Waals surface area contributed by atoms with Crippen LogP contribution in [0.1, 0.15) is 44.0 Å². The largest absolute Gasteiger partial charge is 0.308 e. The minimum atomic E-state index is 0.542. The van der Waals surface area contributed by atoms with Gasteiger partial charge in [0, 0.05) is 23.5 Å². The Labute approximate surface area is 109 Å². The maximum Gasteiger partial charge on any atom is 0.0412 e. The van der Waals surface area contributed by atoms with Crippen molar-refractivity contribution >= 4 is 11.3 Å². The van der Waals surface area contributed by atoms with Crippen molar-refractivity contribution in [3.8, 4) is 0 Å². The van der Waals surface area contributed by atoms with Crippen molar-refractivity contribution in [2.45, 2.75) is 45.2 Å². The topological polar surface area (TPSA) is 15.3 Å². The van der Waals surface area contributed by atoms with Crippen LogP contribution in [0.4, 0.5) is 0 Å². The van der Waals surface area contributed by atoms with Crippen molar-refractivity contribution in [1.29, 1.82) is 0 Å². The molecule has 3 heteroatoms. The molecule has 1 aliphatic rings. The Balaban J connectivity index is 1.79. The fraction of sp³-hybridized carbons (Fsp3) is 0.714. The van der Waals surface area contributed by atoms with Gasteiger partial charge in [-0.3, -0.25) is 4.90 Å². The third-order valence-corrected chi connectivity index (χ3v) is 4.70. The van der Waals surface area contributed by atoms with E-state index in [1.807, 2.05) is 11.3 Å². The van der Waals surface area contributed by atoms with E-state index in [2.05, 4.69) is 41.6 Å². The van der Waals surface area contributed by atoms with Crippen LogP contribution in [0.3, 0.4) is 0 Å². The molecule has 0 radical (unpaired) electrons. The summed E-state index contributed by atoms with van der Waals surface area (Å²) in [6.07, 6.45) is 3.94. The third-order valence-electron chi connectivity index (χ3n) is 3.72. The fourth-order valence-electron chi connectivity index (χ4n) is 2.56. The van der Waals surface area contributed by atoms with E-state index in [1.165, 1.54) is 37.2 Å². The summed E-state index contributed by atoms with van der Waals surface area (Å²) in [7, 11) is 0. The van der Waals surface area contributed by atoms with Crippen LogP contribution in [0.25, 0.3) is 0 Å². The van der Waals surface area contributed by atoms with Crippen LogP contribution in [-0.2, 0) is 0 Å². The number of hydrogen-bond acceptors (Lipinski definition) is 3. The number of rotatable bonds is 6. The average Bonchev–Trinajstić information content (AvgIpc) is 3.02. The standard InChI is InChI=1S/C14H24N2S/c1-3-13(14-7-6-10-17-14)15-11-12(2)16-8-4-5-9-16/h6-7,10,12-13,15H,3-5,8-9,11H2,1-2H3. The molecule has 1 aromatic rings. The van der Waals surface area contributed by atoms with Gasteiger partial charge in [0.2, 0.25) is 0 Å². The molecule has 96 valence electrons. The minimum absolute atomic E-state index is 0.542. The van der Waals surface area contributed by atoms with E-state index in [0.717, 1.165) is 6.54 Å². The van der Waals surface area contributed by atoms with Gasteiger partial charge in [-0.1, -0.05) is 13.0 Å². The molecule has 0 saturated carbocycles. The van der Waals surface area contributed by atoms with Gasteiger partial charge in [-0.2, -0.15) is 0 Å². The summed E-state index contributed by atoms with van der Waals surface area (Å²) in [5.74, 6) is 0. The first-order valence-corrected chi connectivity index (χ1v) is 7.70. The lowest BCUT2D eigenvalue weighted by atomic mass is 10.1. The molecule has 2 nitrogen and oxygen atoms in total. The molecule has 0 spiro atoms. The molecule has 1 saturated heterocycles. The second kappa shape index (κ2) is 6.53. The highest BCUT2D eigenvalue weighted by molar-refractivity contribution is 7.10. The first-order chi connectivity index (χ1) is 8.31. The number of nitrogens with one attached hydrogen (secondary N) is 1. The van der Waals surface area contributed by atoms with Gasteiger partial charge < -0.3 is 5.32 Å². The highest BCUT2D eigenvalue weighted by Crippen LogP contribution is 2.22. The minimum Gasteiger partial charge on any atom is -0.308 e. The fourth-order valence-corrected chi connectivity index (χ4v) is 3.45. The first-order valence-electron chi connectivity index (χ1n) is 6.82. The first kappa shape index (κ1) is 13.1. The predicted molar refractivity (Wildman–Crippen MR) is 75.6 cm³/mol. The van der Waals surface area contributed by atoms with E-state index in [4.69, 9.17) is 0 Å². The van der Waals surface area contributed by atoms with Gasteiger partial charge in [0.15, 0.2) is 0 Å². The molecular formula is C14H24N2S. The van der Waals surface area contributed by atoms with Gasteiger partial charge in [0.1, 0.15) is 0 Å². The molecular weight excluding hydrogens is 228 g/mol. The molecule has 0 bridgehead atoms. The second-order valence-corrected chi connectivity index (χ2v) is 5.96. The molecule has 0 aromatic carbocycles.